The van der Waals surface area contributed by atoms with Crippen molar-refractivity contribution in [3.05, 3.63) is 41.7 Å². The molecular formula is C21H33N5O3. The van der Waals surface area contributed by atoms with Gasteiger partial charge in [0, 0.05) is 25.4 Å². The van der Waals surface area contributed by atoms with Gasteiger partial charge in [-0.2, -0.15) is 5.10 Å². The average Bonchev–Trinajstić information content (AvgIpc) is 3.07. The second-order valence-electron chi connectivity index (χ2n) is 7.58. The van der Waals surface area contributed by atoms with Gasteiger partial charge in [0.25, 0.3) is 0 Å². The van der Waals surface area contributed by atoms with E-state index in [1.165, 1.54) is 0 Å². The summed E-state index contributed by atoms with van der Waals surface area (Å²) in [6.45, 7) is 6.34. The molecule has 2 atom stereocenters. The molecule has 0 spiro atoms. The van der Waals surface area contributed by atoms with E-state index in [1.807, 2.05) is 72.5 Å². The van der Waals surface area contributed by atoms with Crippen LogP contribution in [0, 0.1) is 0 Å². The van der Waals surface area contributed by atoms with E-state index in [9.17, 15) is 4.79 Å². The summed E-state index contributed by atoms with van der Waals surface area (Å²) < 4.78 is 12.9. The number of rotatable bonds is 9. The Kier molecular flexibility index (Phi) is 7.90. The van der Waals surface area contributed by atoms with Gasteiger partial charge >= 0.3 is 6.03 Å². The number of hydrogen-bond donors (Lipinski definition) is 2. The number of carbonyl (C=O) groups excluding carboxylic acids is 1. The monoisotopic (exact) mass is 403 g/mol. The number of urea groups is 1. The largest absolute Gasteiger partial charge is 0.493 e. The third-order valence-electron chi connectivity index (χ3n) is 4.59. The Morgan fingerprint density at radius 1 is 1.21 bits per heavy atom. The van der Waals surface area contributed by atoms with Gasteiger partial charge in [-0.1, -0.05) is 6.07 Å². The molecule has 0 fully saturated rings. The molecule has 2 N–H and O–H groups in total. The molecule has 29 heavy (non-hydrogen) atoms. The van der Waals surface area contributed by atoms with Gasteiger partial charge in [0.1, 0.15) is 0 Å². The van der Waals surface area contributed by atoms with E-state index in [-0.39, 0.29) is 24.2 Å². The zero-order valence-corrected chi connectivity index (χ0v) is 18.4. The molecule has 0 saturated heterocycles. The summed E-state index contributed by atoms with van der Waals surface area (Å²) >= 11 is 0. The van der Waals surface area contributed by atoms with Crippen LogP contribution in [0.25, 0.3) is 0 Å². The first kappa shape index (κ1) is 22.5. The van der Waals surface area contributed by atoms with Crippen LogP contribution in [-0.2, 0) is 7.05 Å². The second kappa shape index (κ2) is 10.2. The summed E-state index contributed by atoms with van der Waals surface area (Å²) in [5.74, 6) is 1.34. The minimum Gasteiger partial charge on any atom is -0.493 e. The van der Waals surface area contributed by atoms with Gasteiger partial charge in [0.2, 0.25) is 0 Å². The molecule has 0 bridgehead atoms. The minimum atomic E-state index is -0.227. The van der Waals surface area contributed by atoms with Crippen LogP contribution in [0.3, 0.4) is 0 Å². The van der Waals surface area contributed by atoms with E-state index >= 15 is 0 Å². The lowest BCUT2D eigenvalue weighted by Gasteiger charge is -2.24. The predicted molar refractivity (Wildman–Crippen MR) is 113 cm³/mol. The fourth-order valence-corrected chi connectivity index (χ4v) is 3.04. The number of aryl methyl sites for hydroxylation is 1. The van der Waals surface area contributed by atoms with Crippen molar-refractivity contribution in [2.45, 2.75) is 39.0 Å². The van der Waals surface area contributed by atoms with Gasteiger partial charge in [0.05, 0.1) is 31.5 Å². The number of nitrogens with zero attached hydrogens (tertiary/aromatic N) is 3. The summed E-state index contributed by atoms with van der Waals surface area (Å²) in [6, 6.07) is 5.32. The first-order chi connectivity index (χ1) is 13.7. The van der Waals surface area contributed by atoms with E-state index < -0.39 is 0 Å². The van der Waals surface area contributed by atoms with E-state index in [1.54, 1.807) is 11.8 Å². The van der Waals surface area contributed by atoms with E-state index in [4.69, 9.17) is 9.47 Å². The Labute approximate surface area is 173 Å². The van der Waals surface area contributed by atoms with Crippen molar-refractivity contribution >= 4 is 6.03 Å². The van der Waals surface area contributed by atoms with Crippen LogP contribution in [0.4, 0.5) is 4.79 Å². The molecule has 8 nitrogen and oxygen atoms in total. The smallest absolute Gasteiger partial charge is 0.315 e. The normalized spacial score (nSPS) is 13.3. The van der Waals surface area contributed by atoms with Crippen LogP contribution in [-0.4, -0.2) is 54.6 Å². The number of nitrogens with one attached hydrogen (secondary N) is 2. The van der Waals surface area contributed by atoms with E-state index in [0.717, 1.165) is 11.1 Å². The molecule has 2 rings (SSSR count). The predicted octanol–water partition coefficient (Wildman–Crippen LogP) is 2.88. The molecule has 2 unspecified atom stereocenters. The standard InChI is InChI=1S/C21H33N5O3/c1-14(2)29-19-9-8-16(10-20(19)28-7)15(3)24-21(27)22-12-18(25(4)5)17-11-23-26(6)13-17/h8-11,13-15,18H,12H2,1-7H3,(H2,22,24,27). The highest BCUT2D eigenvalue weighted by molar-refractivity contribution is 5.74. The number of hydrogen-bond acceptors (Lipinski definition) is 5. The molecule has 0 aliphatic carbocycles. The first-order valence-electron chi connectivity index (χ1n) is 9.75. The zero-order valence-electron chi connectivity index (χ0n) is 18.4. The fourth-order valence-electron chi connectivity index (χ4n) is 3.04. The molecule has 0 aliphatic rings. The first-order valence-corrected chi connectivity index (χ1v) is 9.75. The summed E-state index contributed by atoms with van der Waals surface area (Å²) in [7, 11) is 7.45. The number of ether oxygens (including phenoxy) is 2. The maximum Gasteiger partial charge on any atom is 0.315 e. The van der Waals surface area contributed by atoms with Crippen LogP contribution in [0.2, 0.25) is 0 Å². The van der Waals surface area contributed by atoms with Crippen molar-refractivity contribution in [3.8, 4) is 11.5 Å². The lowest BCUT2D eigenvalue weighted by Crippen LogP contribution is -2.41. The highest BCUT2D eigenvalue weighted by Crippen LogP contribution is 2.31. The lowest BCUT2D eigenvalue weighted by atomic mass is 10.1. The van der Waals surface area contributed by atoms with Crippen molar-refractivity contribution in [2.75, 3.05) is 27.7 Å². The SMILES string of the molecule is COc1cc(C(C)NC(=O)NCC(c2cnn(C)c2)N(C)C)ccc1OC(C)C. The Hall–Kier alpha value is -2.74. The Bertz CT molecular complexity index is 803. The van der Waals surface area contributed by atoms with E-state index in [2.05, 4.69) is 20.6 Å². The van der Waals surface area contributed by atoms with Crippen LogP contribution in [0.1, 0.15) is 44.0 Å². The number of aromatic nitrogens is 2. The van der Waals surface area contributed by atoms with Gasteiger partial charge in [-0.15, -0.1) is 0 Å². The number of benzene rings is 1. The average molecular weight is 404 g/mol. The summed E-state index contributed by atoms with van der Waals surface area (Å²) in [6.07, 6.45) is 3.83. The Balaban J connectivity index is 1.97. The molecule has 2 amide bonds. The quantitative estimate of drug-likeness (QED) is 0.673. The van der Waals surface area contributed by atoms with Crippen LogP contribution in [0.5, 0.6) is 11.5 Å². The maximum atomic E-state index is 12.4. The van der Waals surface area contributed by atoms with Crippen molar-refractivity contribution < 1.29 is 14.3 Å². The molecular weight excluding hydrogens is 370 g/mol. The van der Waals surface area contributed by atoms with Gasteiger partial charge < -0.3 is 25.0 Å². The van der Waals surface area contributed by atoms with Crippen molar-refractivity contribution in [1.29, 1.82) is 0 Å². The zero-order chi connectivity index (χ0) is 21.6. The molecule has 1 aromatic heterocycles. The summed E-state index contributed by atoms with van der Waals surface area (Å²) in [5.41, 5.74) is 1.99. The van der Waals surface area contributed by atoms with Crippen LogP contribution >= 0.6 is 0 Å². The van der Waals surface area contributed by atoms with Crippen LogP contribution in [0.15, 0.2) is 30.6 Å². The fraction of sp³-hybridized carbons (Fsp3) is 0.524. The molecule has 0 radical (unpaired) electrons. The minimum absolute atomic E-state index is 0.0392. The summed E-state index contributed by atoms with van der Waals surface area (Å²) in [4.78, 5) is 14.5. The van der Waals surface area contributed by atoms with Crippen molar-refractivity contribution in [3.63, 3.8) is 0 Å². The Morgan fingerprint density at radius 2 is 1.93 bits per heavy atom. The highest BCUT2D eigenvalue weighted by atomic mass is 16.5. The molecule has 0 saturated carbocycles. The van der Waals surface area contributed by atoms with Crippen molar-refractivity contribution in [2.24, 2.45) is 7.05 Å². The van der Waals surface area contributed by atoms with Gasteiger partial charge in [-0.25, -0.2) is 4.79 Å². The molecule has 1 heterocycles. The number of carbonyl (C=O) groups is 1. The Morgan fingerprint density at radius 3 is 2.48 bits per heavy atom. The molecule has 2 aromatic rings. The van der Waals surface area contributed by atoms with Crippen molar-refractivity contribution in [1.82, 2.24) is 25.3 Å². The van der Waals surface area contributed by atoms with Gasteiger partial charge in [-0.05, 0) is 52.6 Å². The molecule has 1 aromatic carbocycles. The molecule has 160 valence electrons. The number of likely N-dealkylation sites (N-methyl/N-ethyl adjacent to an activating group) is 1. The van der Waals surface area contributed by atoms with Crippen LogP contribution < -0.4 is 20.1 Å². The lowest BCUT2D eigenvalue weighted by molar-refractivity contribution is 0.229. The number of methoxy groups -OCH3 is 1. The third kappa shape index (κ3) is 6.39. The summed E-state index contributed by atoms with van der Waals surface area (Å²) in [5, 5.41) is 10.1. The number of amides is 2. The highest BCUT2D eigenvalue weighted by Gasteiger charge is 2.18. The topological polar surface area (TPSA) is 80.7 Å². The third-order valence-corrected chi connectivity index (χ3v) is 4.59. The van der Waals surface area contributed by atoms with Gasteiger partial charge in [-0.3, -0.25) is 4.68 Å². The molecule has 8 heteroatoms. The van der Waals surface area contributed by atoms with Gasteiger partial charge in [0.15, 0.2) is 11.5 Å². The molecule has 0 aliphatic heterocycles. The maximum absolute atomic E-state index is 12.4. The second-order valence-corrected chi connectivity index (χ2v) is 7.58. The van der Waals surface area contributed by atoms with E-state index in [0.29, 0.717) is 18.0 Å².